The van der Waals surface area contributed by atoms with Gasteiger partial charge in [-0.15, -0.1) is 21.5 Å². The van der Waals surface area contributed by atoms with E-state index in [1.54, 1.807) is 19.2 Å². The third-order valence-electron chi connectivity index (χ3n) is 9.30. The Morgan fingerprint density at radius 2 is 1.94 bits per heavy atom. The number of aromatic nitrogens is 7. The van der Waals surface area contributed by atoms with E-state index in [-0.39, 0.29) is 56.1 Å². The van der Waals surface area contributed by atoms with Gasteiger partial charge >= 0.3 is 6.18 Å². The fraction of sp³-hybridized carbons (Fsp3) is 0.586. The molecule has 0 radical (unpaired) electrons. The molecule has 2 aliphatic carbocycles. The van der Waals surface area contributed by atoms with Crippen molar-refractivity contribution >= 4 is 28.8 Å². The van der Waals surface area contributed by atoms with Gasteiger partial charge < -0.3 is 10.6 Å². The van der Waals surface area contributed by atoms with Gasteiger partial charge in [0.25, 0.3) is 5.91 Å². The lowest BCUT2D eigenvalue weighted by Crippen LogP contribution is -2.39. The molecule has 0 aromatic carbocycles. The number of aryl methyl sites for hydroxylation is 1. The highest BCUT2D eigenvalue weighted by molar-refractivity contribution is 7.11. The van der Waals surface area contributed by atoms with Gasteiger partial charge in [0.15, 0.2) is 11.3 Å². The summed E-state index contributed by atoms with van der Waals surface area (Å²) in [6.07, 6.45) is -0.867. The Morgan fingerprint density at radius 3 is 2.60 bits per heavy atom. The zero-order valence-corrected chi connectivity index (χ0v) is 25.9. The van der Waals surface area contributed by atoms with Crippen LogP contribution < -0.4 is 10.6 Å². The van der Waals surface area contributed by atoms with Crippen molar-refractivity contribution in [3.63, 3.8) is 0 Å². The molecule has 0 spiro atoms. The van der Waals surface area contributed by atoms with Crippen molar-refractivity contribution in [2.75, 3.05) is 0 Å². The molecule has 18 heteroatoms. The highest BCUT2D eigenvalue weighted by atomic mass is 32.1. The van der Waals surface area contributed by atoms with Crippen molar-refractivity contribution in [2.24, 2.45) is 11.3 Å². The molecule has 1 saturated heterocycles. The van der Waals surface area contributed by atoms with Crippen molar-refractivity contribution in [2.45, 2.75) is 94.8 Å². The van der Waals surface area contributed by atoms with Crippen LogP contribution in [0.2, 0.25) is 0 Å². The number of carbonyl (C=O) groups excluding carboxylic acids is 2. The number of hydrogen-bond donors (Lipinski definition) is 2. The van der Waals surface area contributed by atoms with Crippen LogP contribution in [0.3, 0.4) is 0 Å². The first-order valence-corrected chi connectivity index (χ1v) is 16.1. The largest absolute Gasteiger partial charge is 0.408 e. The zero-order valence-electron chi connectivity index (χ0n) is 25.1. The predicted octanol–water partition coefficient (Wildman–Crippen LogP) is 4.67. The summed E-state index contributed by atoms with van der Waals surface area (Å²) in [4.78, 5) is 31.3. The summed E-state index contributed by atoms with van der Waals surface area (Å²) in [6, 6.07) is -1.16. The maximum atomic E-state index is 14.1. The summed E-state index contributed by atoms with van der Waals surface area (Å²) < 4.78 is 75.7. The topological polar surface area (TPSA) is 153 Å². The summed E-state index contributed by atoms with van der Waals surface area (Å²) in [5.74, 6) is -4.37. The molecule has 3 fully saturated rings. The molecule has 0 bridgehead atoms. The highest BCUT2D eigenvalue weighted by Crippen LogP contribution is 2.44. The van der Waals surface area contributed by atoms with E-state index in [0.29, 0.717) is 32.6 Å². The molecule has 0 unspecified atom stereocenters. The predicted molar refractivity (Wildman–Crippen MR) is 153 cm³/mol. The number of fused-ring (bicyclic) bond motifs is 1. The van der Waals surface area contributed by atoms with Crippen LogP contribution in [-0.4, -0.2) is 65.1 Å². The van der Waals surface area contributed by atoms with Gasteiger partial charge in [-0.05, 0) is 68.2 Å². The fourth-order valence-corrected chi connectivity index (χ4v) is 7.55. The van der Waals surface area contributed by atoms with Gasteiger partial charge in [-0.3, -0.25) is 9.59 Å². The first-order chi connectivity index (χ1) is 22.3. The quantitative estimate of drug-likeness (QED) is 0.241. The second-order valence-corrected chi connectivity index (χ2v) is 14.1. The third kappa shape index (κ3) is 6.43. The summed E-state index contributed by atoms with van der Waals surface area (Å²) in [6.45, 7) is 1.72. The average molecular weight is 680 g/mol. The van der Waals surface area contributed by atoms with Crippen molar-refractivity contribution in [3.05, 3.63) is 51.1 Å². The van der Waals surface area contributed by atoms with E-state index in [1.165, 1.54) is 22.0 Å². The zero-order chi connectivity index (χ0) is 33.1. The molecule has 4 aromatic rings. The van der Waals surface area contributed by atoms with E-state index < -0.39 is 47.8 Å². The number of alkyl halides is 5. The number of nitrogens with one attached hydrogen (secondary N) is 2. The van der Waals surface area contributed by atoms with E-state index in [9.17, 15) is 31.5 Å². The molecule has 2 saturated carbocycles. The Bertz CT molecular complexity index is 1810. The van der Waals surface area contributed by atoms with Crippen LogP contribution in [0.1, 0.15) is 94.4 Å². The van der Waals surface area contributed by atoms with Gasteiger partial charge in [0.05, 0.1) is 29.5 Å². The molecule has 12 nitrogen and oxygen atoms in total. The van der Waals surface area contributed by atoms with Crippen LogP contribution in [0.4, 0.5) is 22.0 Å². The lowest BCUT2D eigenvalue weighted by molar-refractivity contribution is -0.155. The standard InChI is InChI=1S/C29H30F5N9O3S/c1-14-39-40-21(47-14)11-27(10-19(29(32,33)34)37-26(27)45)9-15-8-20-36-18(13-43(20)35-12-15)22(17-4-6-28(30,31)7-5-17)38-25(44)24-23(16-2-3-16)41-46-42-24/h8,12-13,16-17,19,22H,2-7,9-11H2,1H3,(H,37,45)(H,38,44)/t19-,22-,27-/m0/s1. The minimum atomic E-state index is -4.63. The van der Waals surface area contributed by atoms with E-state index in [0.717, 1.165) is 12.8 Å². The highest BCUT2D eigenvalue weighted by Gasteiger charge is 2.55. The van der Waals surface area contributed by atoms with Crippen LogP contribution in [0.25, 0.3) is 5.65 Å². The minimum absolute atomic E-state index is 0.0397. The molecule has 5 heterocycles. The van der Waals surface area contributed by atoms with Gasteiger partial charge in [-0.25, -0.2) is 22.9 Å². The summed E-state index contributed by atoms with van der Waals surface area (Å²) in [5.41, 5.74) is 0.195. The first-order valence-electron chi connectivity index (χ1n) is 15.3. The van der Waals surface area contributed by atoms with Gasteiger partial charge in [0, 0.05) is 25.2 Å². The second kappa shape index (κ2) is 11.6. The van der Waals surface area contributed by atoms with Crippen molar-refractivity contribution < 1.29 is 36.2 Å². The molecular weight excluding hydrogens is 649 g/mol. The Balaban J connectivity index is 1.18. The molecule has 3 atom stereocenters. The molecule has 47 heavy (non-hydrogen) atoms. The van der Waals surface area contributed by atoms with E-state index in [1.807, 2.05) is 0 Å². The van der Waals surface area contributed by atoms with Crippen LogP contribution in [0.15, 0.2) is 23.1 Å². The molecule has 4 aromatic heterocycles. The van der Waals surface area contributed by atoms with E-state index in [4.69, 9.17) is 4.63 Å². The van der Waals surface area contributed by atoms with Gasteiger partial charge in [-0.2, -0.15) is 18.3 Å². The van der Waals surface area contributed by atoms with Gasteiger partial charge in [0.1, 0.15) is 21.8 Å². The molecule has 7 rings (SSSR count). The smallest absolute Gasteiger partial charge is 0.344 e. The maximum Gasteiger partial charge on any atom is 0.408 e. The Kier molecular flexibility index (Phi) is 7.75. The van der Waals surface area contributed by atoms with Gasteiger partial charge in [0.2, 0.25) is 11.8 Å². The van der Waals surface area contributed by atoms with Crippen molar-refractivity contribution in [1.82, 2.24) is 45.7 Å². The monoisotopic (exact) mass is 679 g/mol. The lowest BCUT2D eigenvalue weighted by Gasteiger charge is -2.33. The number of carbonyl (C=O) groups is 2. The Morgan fingerprint density at radius 1 is 1.17 bits per heavy atom. The van der Waals surface area contributed by atoms with Crippen LogP contribution in [0.5, 0.6) is 0 Å². The second-order valence-electron chi connectivity index (χ2n) is 12.9. The lowest BCUT2D eigenvalue weighted by atomic mass is 9.76. The molecular formula is C29H30F5N9O3S. The first kappa shape index (κ1) is 31.5. The normalized spacial score (nSPS) is 24.0. The Labute approximate surface area is 267 Å². The van der Waals surface area contributed by atoms with Gasteiger partial charge in [-0.1, -0.05) is 5.16 Å². The number of rotatable bonds is 9. The molecule has 2 amide bonds. The molecule has 3 aliphatic rings. The number of imidazole rings is 1. The maximum absolute atomic E-state index is 14.1. The number of amides is 2. The molecule has 1 aliphatic heterocycles. The summed E-state index contributed by atoms with van der Waals surface area (Å²) in [7, 11) is 0. The third-order valence-corrected chi connectivity index (χ3v) is 10.1. The minimum Gasteiger partial charge on any atom is -0.344 e. The van der Waals surface area contributed by atoms with Crippen molar-refractivity contribution in [1.29, 1.82) is 0 Å². The summed E-state index contributed by atoms with van der Waals surface area (Å²) in [5, 5.41) is 26.2. The number of nitrogens with zero attached hydrogens (tertiary/aromatic N) is 7. The SMILES string of the molecule is Cc1nnc(C[C@]2(Cc3cnn4cc([C@@H](NC(=O)c5nonc5C5CC5)C5CCC(F)(F)CC5)nc4c3)C[C@@H](C(F)(F)F)NC2=O)s1. The number of halogens is 5. The number of hydrogen-bond acceptors (Lipinski definition) is 10. The van der Waals surface area contributed by atoms with Crippen LogP contribution >= 0.6 is 11.3 Å². The van der Waals surface area contributed by atoms with Crippen molar-refractivity contribution in [3.8, 4) is 0 Å². The average Bonchev–Trinajstić information content (AvgIpc) is 3.31. The summed E-state index contributed by atoms with van der Waals surface area (Å²) >= 11 is 1.22. The van der Waals surface area contributed by atoms with Crippen LogP contribution in [-0.2, 0) is 17.6 Å². The van der Waals surface area contributed by atoms with Crippen LogP contribution in [0, 0.1) is 18.3 Å². The fourth-order valence-electron chi connectivity index (χ4n) is 6.70. The molecule has 250 valence electrons. The van der Waals surface area contributed by atoms with E-state index in [2.05, 4.69) is 41.2 Å². The molecule has 2 N–H and O–H groups in total. The Hall–Kier alpha value is -4.09. The van der Waals surface area contributed by atoms with E-state index >= 15 is 0 Å².